The first-order valence-electron chi connectivity index (χ1n) is 4.35. The van der Waals surface area contributed by atoms with Crippen LogP contribution in [0.15, 0.2) is 0 Å². The van der Waals surface area contributed by atoms with Crippen molar-refractivity contribution in [3.8, 4) is 6.07 Å². The number of carbonyl (C=O) groups is 1. The van der Waals surface area contributed by atoms with Gasteiger partial charge in [0, 0.05) is 13.2 Å². The van der Waals surface area contributed by atoms with E-state index in [1.54, 1.807) is 6.92 Å². The van der Waals surface area contributed by atoms with E-state index >= 15 is 0 Å². The molecule has 1 N–H and O–H groups in total. The van der Waals surface area contributed by atoms with E-state index in [-0.39, 0.29) is 11.9 Å². The Morgan fingerprint density at radius 1 is 1.69 bits per heavy atom. The number of nitrogens with one attached hydrogen (secondary N) is 1. The van der Waals surface area contributed by atoms with Crippen LogP contribution in [0.3, 0.4) is 0 Å². The summed E-state index contributed by atoms with van der Waals surface area (Å²) in [5.74, 6) is -0.162. The fourth-order valence-corrected chi connectivity index (χ4v) is 0.833. The molecule has 2 unspecified atom stereocenters. The lowest BCUT2D eigenvalue weighted by molar-refractivity contribution is -0.130. The molecule has 0 rings (SSSR count). The molecule has 0 saturated carbocycles. The Labute approximate surface area is 78.9 Å². The number of hydrogen-bond donors (Lipinski definition) is 1. The van der Waals surface area contributed by atoms with Crippen molar-refractivity contribution in [1.29, 1.82) is 5.26 Å². The molecule has 0 heterocycles. The molecule has 0 saturated heterocycles. The molecule has 0 fully saturated rings. The van der Waals surface area contributed by atoms with Crippen LogP contribution in [0.2, 0.25) is 0 Å². The highest BCUT2D eigenvalue weighted by Crippen LogP contribution is 1.97. The Kier molecular flexibility index (Phi) is 5.90. The maximum absolute atomic E-state index is 11.3. The van der Waals surface area contributed by atoms with Gasteiger partial charge in [0.2, 0.25) is 5.91 Å². The monoisotopic (exact) mass is 184 g/mol. The third-order valence-corrected chi connectivity index (χ3v) is 1.90. The number of ether oxygens (including phenoxy) is 1. The summed E-state index contributed by atoms with van der Waals surface area (Å²) in [5, 5.41) is 11.2. The first-order valence-corrected chi connectivity index (χ1v) is 4.35. The summed E-state index contributed by atoms with van der Waals surface area (Å²) in [6.45, 7) is 3.61. The Morgan fingerprint density at radius 2 is 2.31 bits per heavy atom. The second-order valence-electron chi connectivity index (χ2n) is 2.85. The van der Waals surface area contributed by atoms with Crippen molar-refractivity contribution in [2.24, 2.45) is 0 Å². The predicted molar refractivity (Wildman–Crippen MR) is 48.9 cm³/mol. The van der Waals surface area contributed by atoms with E-state index in [4.69, 9.17) is 10.00 Å². The average molecular weight is 184 g/mol. The number of hydrogen-bond acceptors (Lipinski definition) is 3. The zero-order valence-corrected chi connectivity index (χ0v) is 8.33. The highest BCUT2D eigenvalue weighted by molar-refractivity contribution is 5.80. The molecule has 0 aliphatic heterocycles. The van der Waals surface area contributed by atoms with Gasteiger partial charge in [-0.2, -0.15) is 5.26 Å². The van der Waals surface area contributed by atoms with E-state index in [2.05, 4.69) is 5.32 Å². The molecular formula is C9H16N2O2. The van der Waals surface area contributed by atoms with Crippen molar-refractivity contribution in [2.45, 2.75) is 38.8 Å². The number of methoxy groups -OCH3 is 1. The minimum Gasteiger partial charge on any atom is -0.372 e. The number of carbonyl (C=O) groups excluding carboxylic acids is 1. The van der Waals surface area contributed by atoms with Gasteiger partial charge in [-0.1, -0.05) is 6.92 Å². The summed E-state index contributed by atoms with van der Waals surface area (Å²) in [6, 6.07) is 1.97. The number of rotatable bonds is 5. The molecular weight excluding hydrogens is 168 g/mol. The predicted octanol–water partition coefficient (Wildman–Crippen LogP) is 0.830. The summed E-state index contributed by atoms with van der Waals surface area (Å²) in [5.41, 5.74) is 0. The largest absolute Gasteiger partial charge is 0.372 e. The molecule has 0 bridgehead atoms. The first-order chi connectivity index (χ1) is 6.15. The smallest absolute Gasteiger partial charge is 0.249 e. The highest BCUT2D eigenvalue weighted by Gasteiger charge is 2.15. The topological polar surface area (TPSA) is 62.1 Å². The van der Waals surface area contributed by atoms with Gasteiger partial charge in [-0.3, -0.25) is 4.79 Å². The third kappa shape index (κ3) is 4.48. The van der Waals surface area contributed by atoms with Gasteiger partial charge in [0.25, 0.3) is 0 Å². The Hall–Kier alpha value is -1.08. The van der Waals surface area contributed by atoms with E-state index in [1.165, 1.54) is 7.11 Å². The van der Waals surface area contributed by atoms with Crippen molar-refractivity contribution >= 4 is 5.91 Å². The van der Waals surface area contributed by atoms with Gasteiger partial charge < -0.3 is 10.1 Å². The number of nitriles is 1. The second-order valence-corrected chi connectivity index (χ2v) is 2.85. The molecule has 0 radical (unpaired) electrons. The molecule has 4 nitrogen and oxygen atoms in total. The Bertz CT molecular complexity index is 198. The first kappa shape index (κ1) is 11.9. The molecule has 13 heavy (non-hydrogen) atoms. The third-order valence-electron chi connectivity index (χ3n) is 1.90. The second kappa shape index (κ2) is 6.44. The standard InChI is InChI=1S/C9H16N2O2/c1-4-8(5-6-10)11-9(12)7(2)13-3/h7-8H,4-5H2,1-3H3,(H,11,12). The molecule has 0 spiro atoms. The van der Waals surface area contributed by atoms with Crippen molar-refractivity contribution in [3.63, 3.8) is 0 Å². The van der Waals surface area contributed by atoms with Crippen LogP contribution in [0.1, 0.15) is 26.7 Å². The normalized spacial score (nSPS) is 14.3. The molecule has 0 aromatic carbocycles. The van der Waals surface area contributed by atoms with E-state index in [0.717, 1.165) is 6.42 Å². The van der Waals surface area contributed by atoms with Crippen molar-refractivity contribution in [1.82, 2.24) is 5.32 Å². The lowest BCUT2D eigenvalue weighted by Gasteiger charge is -2.16. The molecule has 0 aromatic rings. The molecule has 0 aliphatic rings. The van der Waals surface area contributed by atoms with Crippen LogP contribution in [-0.2, 0) is 9.53 Å². The van der Waals surface area contributed by atoms with Crippen LogP contribution >= 0.6 is 0 Å². The van der Waals surface area contributed by atoms with Crippen LogP contribution in [0.4, 0.5) is 0 Å². The van der Waals surface area contributed by atoms with Crippen molar-refractivity contribution in [3.05, 3.63) is 0 Å². The molecule has 4 heteroatoms. The molecule has 74 valence electrons. The zero-order valence-electron chi connectivity index (χ0n) is 8.33. The van der Waals surface area contributed by atoms with Crippen LogP contribution < -0.4 is 5.32 Å². The van der Waals surface area contributed by atoms with Gasteiger partial charge in [-0.25, -0.2) is 0 Å². The fourth-order valence-electron chi connectivity index (χ4n) is 0.833. The minimum absolute atomic E-state index is 0.0601. The summed E-state index contributed by atoms with van der Waals surface area (Å²) >= 11 is 0. The van der Waals surface area contributed by atoms with Gasteiger partial charge in [0.15, 0.2) is 0 Å². The minimum atomic E-state index is -0.451. The summed E-state index contributed by atoms with van der Waals surface area (Å²) in [4.78, 5) is 11.3. The van der Waals surface area contributed by atoms with Gasteiger partial charge in [-0.05, 0) is 13.3 Å². The molecule has 0 aromatic heterocycles. The molecule has 0 aliphatic carbocycles. The van der Waals surface area contributed by atoms with Crippen molar-refractivity contribution in [2.75, 3.05) is 7.11 Å². The molecule has 1 amide bonds. The number of nitrogens with zero attached hydrogens (tertiary/aromatic N) is 1. The lowest BCUT2D eigenvalue weighted by atomic mass is 10.1. The fraction of sp³-hybridized carbons (Fsp3) is 0.778. The van der Waals surface area contributed by atoms with E-state index in [1.807, 2.05) is 13.0 Å². The van der Waals surface area contributed by atoms with E-state index < -0.39 is 6.10 Å². The lowest BCUT2D eigenvalue weighted by Crippen LogP contribution is -2.40. The van der Waals surface area contributed by atoms with E-state index in [9.17, 15) is 4.79 Å². The summed E-state index contributed by atoms with van der Waals surface area (Å²) in [7, 11) is 1.48. The van der Waals surface area contributed by atoms with Crippen LogP contribution in [0, 0.1) is 11.3 Å². The summed E-state index contributed by atoms with van der Waals surface area (Å²) < 4.78 is 4.84. The molecule has 2 atom stereocenters. The van der Waals surface area contributed by atoms with Crippen LogP contribution in [-0.4, -0.2) is 25.2 Å². The van der Waals surface area contributed by atoms with Gasteiger partial charge in [0.05, 0.1) is 12.5 Å². The quantitative estimate of drug-likeness (QED) is 0.688. The Balaban J connectivity index is 3.94. The van der Waals surface area contributed by atoms with Gasteiger partial charge in [0.1, 0.15) is 6.10 Å². The van der Waals surface area contributed by atoms with Crippen molar-refractivity contribution < 1.29 is 9.53 Å². The zero-order chi connectivity index (χ0) is 10.3. The van der Waals surface area contributed by atoms with Crippen LogP contribution in [0.25, 0.3) is 0 Å². The van der Waals surface area contributed by atoms with Crippen LogP contribution in [0.5, 0.6) is 0 Å². The SMILES string of the molecule is CCC(CC#N)NC(=O)C(C)OC. The maximum atomic E-state index is 11.3. The highest BCUT2D eigenvalue weighted by atomic mass is 16.5. The van der Waals surface area contributed by atoms with E-state index in [0.29, 0.717) is 6.42 Å². The average Bonchev–Trinajstić information content (AvgIpc) is 2.15. The summed E-state index contributed by atoms with van der Waals surface area (Å²) in [6.07, 6.45) is 0.654. The maximum Gasteiger partial charge on any atom is 0.249 e. The number of amides is 1. The Morgan fingerprint density at radius 3 is 2.69 bits per heavy atom. The van der Waals surface area contributed by atoms with Gasteiger partial charge >= 0.3 is 0 Å². The van der Waals surface area contributed by atoms with Gasteiger partial charge in [-0.15, -0.1) is 0 Å².